The Morgan fingerprint density at radius 3 is 2.18 bits per heavy atom. The standard InChI is InChI=1S/C25H51N2O6P/c1-6-8-10-12-13-14-15-17-19-25(29)26-23(24(28)18-16-11-9-7-2)22-33-34(30,31)32-21-20-27(3,4)5/h16,18,23-24,28H,6-15,17,19-22H2,1-5H3,(H-,26,29,30,31)/b18-16+. The van der Waals surface area contributed by atoms with Gasteiger partial charge in [-0.25, -0.2) is 0 Å². The van der Waals surface area contributed by atoms with Gasteiger partial charge in [0, 0.05) is 6.42 Å². The van der Waals surface area contributed by atoms with Gasteiger partial charge < -0.3 is 28.8 Å². The number of likely N-dealkylation sites (N-methyl/N-ethyl adjacent to an activating group) is 1. The quantitative estimate of drug-likeness (QED) is 0.0980. The topological polar surface area (TPSA) is 108 Å². The van der Waals surface area contributed by atoms with Crippen molar-refractivity contribution in [1.29, 1.82) is 0 Å². The summed E-state index contributed by atoms with van der Waals surface area (Å²) in [5, 5.41) is 13.3. The molecule has 0 aromatic rings. The molecule has 202 valence electrons. The number of quaternary nitrogens is 1. The predicted octanol–water partition coefficient (Wildman–Crippen LogP) is 4.32. The lowest BCUT2D eigenvalue weighted by Crippen LogP contribution is -2.45. The maximum absolute atomic E-state index is 12.4. The van der Waals surface area contributed by atoms with E-state index >= 15 is 0 Å². The Bertz CT molecular complexity index is 594. The molecule has 0 aliphatic rings. The summed E-state index contributed by atoms with van der Waals surface area (Å²) in [6.45, 7) is 4.39. The maximum Gasteiger partial charge on any atom is 0.268 e. The van der Waals surface area contributed by atoms with Crippen molar-refractivity contribution in [3.8, 4) is 0 Å². The van der Waals surface area contributed by atoms with E-state index in [1.54, 1.807) is 6.08 Å². The third-order valence-electron chi connectivity index (χ3n) is 5.50. The van der Waals surface area contributed by atoms with Crippen molar-refractivity contribution in [2.45, 2.75) is 103 Å². The molecule has 0 aliphatic heterocycles. The van der Waals surface area contributed by atoms with Crippen LogP contribution in [0.2, 0.25) is 0 Å². The van der Waals surface area contributed by atoms with Crippen LogP contribution >= 0.6 is 7.82 Å². The first-order valence-electron chi connectivity index (χ1n) is 13.1. The van der Waals surface area contributed by atoms with Gasteiger partial charge in [0.2, 0.25) is 5.91 Å². The molecule has 3 atom stereocenters. The minimum atomic E-state index is -4.54. The van der Waals surface area contributed by atoms with Crippen molar-refractivity contribution < 1.29 is 32.9 Å². The second-order valence-electron chi connectivity index (χ2n) is 10.0. The molecule has 0 aromatic heterocycles. The number of hydrogen-bond donors (Lipinski definition) is 2. The second kappa shape index (κ2) is 19.4. The lowest BCUT2D eigenvalue weighted by atomic mass is 10.1. The van der Waals surface area contributed by atoms with Crippen molar-refractivity contribution in [2.24, 2.45) is 0 Å². The molecular formula is C25H51N2O6P. The lowest BCUT2D eigenvalue weighted by molar-refractivity contribution is -0.870. The number of nitrogens with one attached hydrogen (secondary N) is 1. The average molecular weight is 507 g/mol. The van der Waals surface area contributed by atoms with E-state index < -0.39 is 20.0 Å². The molecular weight excluding hydrogens is 455 g/mol. The van der Waals surface area contributed by atoms with Gasteiger partial charge in [-0.3, -0.25) is 9.36 Å². The smallest absolute Gasteiger partial charge is 0.268 e. The van der Waals surface area contributed by atoms with Crippen LogP contribution < -0.4 is 10.2 Å². The molecule has 0 saturated heterocycles. The van der Waals surface area contributed by atoms with Crippen LogP contribution in [-0.4, -0.2) is 68.5 Å². The summed E-state index contributed by atoms with van der Waals surface area (Å²) in [6.07, 6.45) is 14.6. The molecule has 3 unspecified atom stereocenters. The summed E-state index contributed by atoms with van der Waals surface area (Å²) in [6, 6.07) is -0.872. The van der Waals surface area contributed by atoms with Crippen molar-refractivity contribution in [2.75, 3.05) is 40.9 Å². The molecule has 0 bridgehead atoms. The highest BCUT2D eigenvalue weighted by Crippen LogP contribution is 2.38. The zero-order valence-corrected chi connectivity index (χ0v) is 23.2. The Morgan fingerprint density at radius 2 is 1.59 bits per heavy atom. The highest BCUT2D eigenvalue weighted by atomic mass is 31.2. The third-order valence-corrected chi connectivity index (χ3v) is 6.46. The lowest BCUT2D eigenvalue weighted by Gasteiger charge is -2.29. The van der Waals surface area contributed by atoms with Crippen molar-refractivity contribution in [3.05, 3.63) is 12.2 Å². The Labute approximate surface area is 208 Å². The van der Waals surface area contributed by atoms with Crippen LogP contribution in [0.25, 0.3) is 0 Å². The molecule has 2 N–H and O–H groups in total. The van der Waals surface area contributed by atoms with Gasteiger partial charge >= 0.3 is 0 Å². The Morgan fingerprint density at radius 1 is 1.00 bits per heavy atom. The number of hydrogen-bond acceptors (Lipinski definition) is 6. The van der Waals surface area contributed by atoms with E-state index in [1.165, 1.54) is 32.1 Å². The third kappa shape index (κ3) is 20.6. The minimum Gasteiger partial charge on any atom is -0.756 e. The Kier molecular flexibility index (Phi) is 19.0. The van der Waals surface area contributed by atoms with Gasteiger partial charge in [0.15, 0.2) is 0 Å². The van der Waals surface area contributed by atoms with Crippen LogP contribution in [0.3, 0.4) is 0 Å². The molecule has 0 rings (SSSR count). The summed E-state index contributed by atoms with van der Waals surface area (Å²) < 4.78 is 22.6. The van der Waals surface area contributed by atoms with Gasteiger partial charge in [0.05, 0.1) is 39.9 Å². The first-order chi connectivity index (χ1) is 16.0. The molecule has 0 heterocycles. The molecule has 0 fully saturated rings. The summed E-state index contributed by atoms with van der Waals surface area (Å²) in [4.78, 5) is 24.6. The highest BCUT2D eigenvalue weighted by Gasteiger charge is 2.23. The zero-order chi connectivity index (χ0) is 25.9. The second-order valence-corrected chi connectivity index (χ2v) is 11.5. The summed E-state index contributed by atoms with van der Waals surface area (Å²) >= 11 is 0. The molecule has 0 aromatic carbocycles. The zero-order valence-electron chi connectivity index (χ0n) is 22.3. The molecule has 1 amide bonds. The van der Waals surface area contributed by atoms with Crippen molar-refractivity contribution >= 4 is 13.7 Å². The van der Waals surface area contributed by atoms with Gasteiger partial charge in [-0.2, -0.15) is 0 Å². The molecule has 0 saturated carbocycles. The number of amides is 1. The Hall–Kier alpha value is -0.760. The summed E-state index contributed by atoms with van der Waals surface area (Å²) in [5.74, 6) is -0.215. The molecule has 0 aliphatic carbocycles. The number of unbranched alkanes of at least 4 members (excludes halogenated alkanes) is 9. The van der Waals surface area contributed by atoms with Crippen LogP contribution in [0, 0.1) is 0 Å². The van der Waals surface area contributed by atoms with E-state index in [9.17, 15) is 19.4 Å². The van der Waals surface area contributed by atoms with Gasteiger partial charge in [-0.15, -0.1) is 0 Å². The maximum atomic E-state index is 12.4. The fourth-order valence-corrected chi connectivity index (χ4v) is 3.97. The fourth-order valence-electron chi connectivity index (χ4n) is 3.25. The number of nitrogens with zero attached hydrogens (tertiary/aromatic N) is 1. The van der Waals surface area contributed by atoms with E-state index in [0.29, 0.717) is 17.4 Å². The van der Waals surface area contributed by atoms with Gasteiger partial charge in [0.25, 0.3) is 7.82 Å². The van der Waals surface area contributed by atoms with Crippen LogP contribution in [0.5, 0.6) is 0 Å². The molecule has 0 spiro atoms. The highest BCUT2D eigenvalue weighted by molar-refractivity contribution is 7.45. The molecule has 9 heteroatoms. The van der Waals surface area contributed by atoms with E-state index in [2.05, 4.69) is 19.2 Å². The van der Waals surface area contributed by atoms with Gasteiger partial charge in [-0.05, 0) is 12.8 Å². The molecule has 0 radical (unpaired) electrons. The SMILES string of the molecule is CCCC/C=C/C(O)C(COP(=O)([O-])OCC[N+](C)(C)C)NC(=O)CCCCCCCCCC. The van der Waals surface area contributed by atoms with Gasteiger partial charge in [-0.1, -0.05) is 83.8 Å². The van der Waals surface area contributed by atoms with Crippen LogP contribution in [0.1, 0.15) is 90.9 Å². The molecule has 8 nitrogen and oxygen atoms in total. The number of rotatable bonds is 22. The first-order valence-corrected chi connectivity index (χ1v) is 14.5. The van der Waals surface area contributed by atoms with Crippen molar-refractivity contribution in [1.82, 2.24) is 5.32 Å². The van der Waals surface area contributed by atoms with Crippen LogP contribution in [0.15, 0.2) is 12.2 Å². The first kappa shape index (κ1) is 33.2. The Balaban J connectivity index is 4.64. The number of allylic oxidation sites excluding steroid dienone is 1. The number of aliphatic hydroxyl groups is 1. The molecule has 34 heavy (non-hydrogen) atoms. The van der Waals surface area contributed by atoms with Crippen molar-refractivity contribution in [3.63, 3.8) is 0 Å². The van der Waals surface area contributed by atoms with E-state index in [1.807, 2.05) is 27.2 Å². The number of phosphoric ester groups is 1. The van der Waals surface area contributed by atoms with E-state index in [0.717, 1.165) is 38.5 Å². The number of aliphatic hydroxyl groups excluding tert-OH is 1. The minimum absolute atomic E-state index is 0.000772. The van der Waals surface area contributed by atoms with E-state index in [4.69, 9.17) is 9.05 Å². The predicted molar refractivity (Wildman–Crippen MR) is 136 cm³/mol. The summed E-state index contributed by atoms with van der Waals surface area (Å²) in [7, 11) is 1.25. The number of phosphoric acid groups is 1. The number of carbonyl (C=O) groups is 1. The van der Waals surface area contributed by atoms with E-state index in [-0.39, 0.29) is 19.1 Å². The number of carbonyl (C=O) groups excluding carboxylic acids is 1. The normalized spacial score (nSPS) is 15.9. The monoisotopic (exact) mass is 506 g/mol. The van der Waals surface area contributed by atoms with Crippen LogP contribution in [-0.2, 0) is 18.4 Å². The largest absolute Gasteiger partial charge is 0.756 e. The average Bonchev–Trinajstić information content (AvgIpc) is 2.74. The van der Waals surface area contributed by atoms with Gasteiger partial charge in [0.1, 0.15) is 13.2 Å². The van der Waals surface area contributed by atoms with Crippen LogP contribution in [0.4, 0.5) is 0 Å². The summed E-state index contributed by atoms with van der Waals surface area (Å²) in [5.41, 5.74) is 0. The fraction of sp³-hybridized carbons (Fsp3) is 0.880.